The molecule has 2 aromatic carbocycles. The molecule has 0 spiro atoms. The number of hydrogen-bond acceptors (Lipinski definition) is 9. The van der Waals surface area contributed by atoms with Crippen molar-refractivity contribution in [3.8, 4) is 5.88 Å². The maximum Gasteiger partial charge on any atom is 0.328 e. The lowest BCUT2D eigenvalue weighted by Crippen LogP contribution is -2.38. The summed E-state index contributed by atoms with van der Waals surface area (Å²) in [4.78, 5) is 33.2. The smallest absolute Gasteiger partial charge is 0.328 e. The summed E-state index contributed by atoms with van der Waals surface area (Å²) >= 11 is 0. The maximum absolute atomic E-state index is 11.7. The Morgan fingerprint density at radius 3 is 1.98 bits per heavy atom. The van der Waals surface area contributed by atoms with E-state index in [-0.39, 0.29) is 18.0 Å². The number of nitrogens with zero attached hydrogens (tertiary/aromatic N) is 5. The molecule has 1 aliphatic heterocycles. The van der Waals surface area contributed by atoms with E-state index < -0.39 is 23.3 Å². The van der Waals surface area contributed by atoms with E-state index in [1.165, 1.54) is 15.6 Å². The highest BCUT2D eigenvalue weighted by Crippen LogP contribution is 2.30. The molecule has 5 rings (SSSR count). The predicted octanol–water partition coefficient (Wildman–Crippen LogP) is 4.24. The number of ether oxygens (including phenoxy) is 2. The molecule has 47 heavy (non-hydrogen) atoms. The molecule has 1 aliphatic rings. The molecule has 13 nitrogen and oxygen atoms in total. The molecule has 13 heteroatoms. The lowest BCUT2D eigenvalue weighted by Gasteiger charge is -2.34. The van der Waals surface area contributed by atoms with Gasteiger partial charge in [-0.2, -0.15) is 4.52 Å². The molecular weight excluding hydrogens is 606 g/mol. The number of carboxylic acids is 3. The summed E-state index contributed by atoms with van der Waals surface area (Å²) in [5.41, 5.74) is 1.63. The Kier molecular flexibility index (Phi) is 12.1. The Hall–Kier alpha value is -5.14. The molecule has 1 saturated heterocycles. The van der Waals surface area contributed by atoms with Crippen molar-refractivity contribution in [2.24, 2.45) is 0 Å². The van der Waals surface area contributed by atoms with Crippen LogP contribution in [0.25, 0.3) is 5.65 Å². The molecule has 0 atom stereocenters. The number of fused-ring (bicyclic) bond motifs is 1. The van der Waals surface area contributed by atoms with Crippen molar-refractivity contribution in [3.63, 3.8) is 0 Å². The van der Waals surface area contributed by atoms with E-state index in [4.69, 9.17) is 19.7 Å². The van der Waals surface area contributed by atoms with Crippen LogP contribution in [0.3, 0.4) is 0 Å². The van der Waals surface area contributed by atoms with Gasteiger partial charge in [0.05, 0.1) is 12.7 Å². The summed E-state index contributed by atoms with van der Waals surface area (Å²) in [6, 6.07) is 24.3. The van der Waals surface area contributed by atoms with E-state index in [0.29, 0.717) is 30.3 Å². The number of likely N-dealkylation sites (tertiary alicyclic amines) is 1. The van der Waals surface area contributed by atoms with Gasteiger partial charge in [0.15, 0.2) is 11.5 Å². The average Bonchev–Trinajstić information content (AvgIpc) is 3.50. The van der Waals surface area contributed by atoms with E-state index in [9.17, 15) is 19.5 Å². The number of carbonyl (C=O) groups is 3. The molecule has 3 heterocycles. The van der Waals surface area contributed by atoms with Gasteiger partial charge >= 0.3 is 17.9 Å². The number of rotatable bonds is 13. The van der Waals surface area contributed by atoms with Crippen LogP contribution in [0.1, 0.15) is 56.2 Å². The molecule has 3 N–H and O–H groups in total. The van der Waals surface area contributed by atoms with Crippen LogP contribution in [0.4, 0.5) is 0 Å². The van der Waals surface area contributed by atoms with Crippen molar-refractivity contribution in [2.75, 3.05) is 26.2 Å². The van der Waals surface area contributed by atoms with Crippen LogP contribution in [-0.2, 0) is 24.5 Å². The summed E-state index contributed by atoms with van der Waals surface area (Å²) < 4.78 is 14.0. The van der Waals surface area contributed by atoms with Gasteiger partial charge in [-0.1, -0.05) is 60.7 Å². The summed E-state index contributed by atoms with van der Waals surface area (Å²) in [5, 5.41) is 37.7. The Balaban J connectivity index is 0.000000555. The normalized spacial score (nSPS) is 14.2. The minimum Gasteiger partial charge on any atom is -0.481 e. The van der Waals surface area contributed by atoms with Crippen LogP contribution < -0.4 is 4.74 Å². The molecule has 2 aromatic heterocycles. The summed E-state index contributed by atoms with van der Waals surface area (Å²) in [6.07, 6.45) is 4.11. The molecule has 0 bridgehead atoms. The molecule has 0 radical (unpaired) electrons. The summed E-state index contributed by atoms with van der Waals surface area (Å²) in [6.45, 7) is 6.58. The topological polar surface area (TPSA) is 177 Å². The van der Waals surface area contributed by atoms with Crippen LogP contribution in [0.15, 0.2) is 84.9 Å². The number of carboxylic acid groups (broad SMARTS) is 3. The first-order chi connectivity index (χ1) is 22.5. The number of aromatic nitrogens is 4. The molecule has 0 aliphatic carbocycles. The molecular formula is C34H39N5O8. The van der Waals surface area contributed by atoms with Crippen LogP contribution >= 0.6 is 0 Å². The molecule has 1 fully saturated rings. The second-order valence-corrected chi connectivity index (χ2v) is 11.5. The van der Waals surface area contributed by atoms with Crippen LogP contribution in [0.5, 0.6) is 5.88 Å². The first kappa shape index (κ1) is 34.7. The lowest BCUT2D eigenvalue weighted by molar-refractivity contribution is -0.143. The van der Waals surface area contributed by atoms with Gasteiger partial charge in [-0.3, -0.25) is 4.79 Å². The second-order valence-electron chi connectivity index (χ2n) is 11.5. The van der Waals surface area contributed by atoms with Crippen molar-refractivity contribution in [1.29, 1.82) is 0 Å². The highest BCUT2D eigenvalue weighted by molar-refractivity contribution is 5.89. The lowest BCUT2D eigenvalue weighted by atomic mass is 9.93. The third-order valence-corrected chi connectivity index (χ3v) is 7.64. The van der Waals surface area contributed by atoms with Crippen LogP contribution in [-0.4, -0.2) is 90.3 Å². The second kappa shape index (κ2) is 16.4. The van der Waals surface area contributed by atoms with Gasteiger partial charge in [-0.05, 0) is 50.3 Å². The third-order valence-electron chi connectivity index (χ3n) is 7.64. The molecule has 0 amide bonds. The zero-order chi connectivity index (χ0) is 33.8. The van der Waals surface area contributed by atoms with Gasteiger partial charge in [0.1, 0.15) is 11.5 Å². The van der Waals surface area contributed by atoms with E-state index in [2.05, 4.69) is 68.7 Å². The van der Waals surface area contributed by atoms with Gasteiger partial charge in [0.25, 0.3) is 0 Å². The zero-order valence-electron chi connectivity index (χ0n) is 26.3. The number of benzene rings is 2. The molecule has 248 valence electrons. The monoisotopic (exact) mass is 645 g/mol. The quantitative estimate of drug-likeness (QED) is 0.139. The van der Waals surface area contributed by atoms with Gasteiger partial charge in [0.2, 0.25) is 5.88 Å². The van der Waals surface area contributed by atoms with Gasteiger partial charge in [-0.25, -0.2) is 9.59 Å². The number of hydrogen-bond donors (Lipinski definition) is 3. The Morgan fingerprint density at radius 2 is 1.45 bits per heavy atom. The SMILES string of the molecule is CC(C)(C(=O)O)c1nnc2ccc(OCCCN3CCC(OC(c4ccccc4)c4ccccc4)CC3)nn12.O=C(O)/C=C/C(=O)O. The highest BCUT2D eigenvalue weighted by Gasteiger charge is 2.35. The van der Waals surface area contributed by atoms with Crippen molar-refractivity contribution in [2.45, 2.75) is 50.7 Å². The van der Waals surface area contributed by atoms with Crippen LogP contribution in [0.2, 0.25) is 0 Å². The van der Waals surface area contributed by atoms with Crippen molar-refractivity contribution in [3.05, 3.63) is 102 Å². The van der Waals surface area contributed by atoms with Crippen molar-refractivity contribution < 1.29 is 39.2 Å². The Morgan fingerprint density at radius 1 is 0.872 bits per heavy atom. The van der Waals surface area contributed by atoms with E-state index >= 15 is 0 Å². The Bertz CT molecular complexity index is 1600. The molecule has 4 aromatic rings. The number of piperidine rings is 1. The first-order valence-electron chi connectivity index (χ1n) is 15.3. The fraction of sp³-hybridized carbons (Fsp3) is 0.353. The molecule has 0 saturated carbocycles. The Labute approximate surface area is 272 Å². The van der Waals surface area contributed by atoms with Crippen molar-refractivity contribution in [1.82, 2.24) is 24.7 Å². The zero-order valence-corrected chi connectivity index (χ0v) is 26.3. The van der Waals surface area contributed by atoms with Gasteiger partial charge in [0, 0.05) is 37.9 Å². The average molecular weight is 646 g/mol. The van der Waals surface area contributed by atoms with Crippen molar-refractivity contribution >= 4 is 23.6 Å². The first-order valence-corrected chi connectivity index (χ1v) is 15.3. The maximum atomic E-state index is 11.7. The van der Waals surface area contributed by atoms with E-state index in [1.807, 2.05) is 12.1 Å². The summed E-state index contributed by atoms with van der Waals surface area (Å²) in [7, 11) is 0. The third kappa shape index (κ3) is 9.92. The van der Waals surface area contributed by atoms with E-state index in [1.54, 1.807) is 26.0 Å². The fourth-order valence-electron chi connectivity index (χ4n) is 5.01. The number of aliphatic carboxylic acids is 3. The van der Waals surface area contributed by atoms with Crippen LogP contribution in [0, 0.1) is 0 Å². The van der Waals surface area contributed by atoms with E-state index in [0.717, 1.165) is 38.9 Å². The van der Waals surface area contributed by atoms with Gasteiger partial charge < -0.3 is 29.7 Å². The van der Waals surface area contributed by atoms with Gasteiger partial charge in [-0.15, -0.1) is 15.3 Å². The standard InChI is InChI=1S/C30H35N5O4.C4H4O4/c1-30(2,29(36)37)28-32-31-25-14-15-26(33-35(25)28)38-21-9-18-34-19-16-24(17-20-34)39-27(22-10-5-3-6-11-22)23-12-7-4-8-13-23;5-3(6)1-2-4(7)8/h3-8,10-15,24,27H,9,16-21H2,1-2H3,(H,36,37);1-2H,(H,5,6)(H,7,8)/b;2-1+. The largest absolute Gasteiger partial charge is 0.481 e. The highest BCUT2D eigenvalue weighted by atomic mass is 16.5. The molecule has 0 unspecified atom stereocenters. The predicted molar refractivity (Wildman–Crippen MR) is 171 cm³/mol. The minimum atomic E-state index is -1.26. The minimum absolute atomic E-state index is 0.0607. The summed E-state index contributed by atoms with van der Waals surface area (Å²) in [5.74, 6) is -2.82. The fourth-order valence-corrected chi connectivity index (χ4v) is 5.01.